The number of amides is 1. The van der Waals surface area contributed by atoms with Crippen molar-refractivity contribution in [2.45, 2.75) is 44.9 Å². The molecule has 3 N–H and O–H groups in total. The second-order valence-corrected chi connectivity index (χ2v) is 5.64. The predicted octanol–water partition coefficient (Wildman–Crippen LogP) is -0.0509. The van der Waals surface area contributed by atoms with Crippen LogP contribution in [0.15, 0.2) is 0 Å². The average molecular weight is 255 g/mol. The van der Waals surface area contributed by atoms with Gasteiger partial charge in [0.05, 0.1) is 12.7 Å². The molecular formula is C13H25N3O2. The minimum absolute atomic E-state index is 0.0251. The van der Waals surface area contributed by atoms with Crippen LogP contribution in [0.5, 0.6) is 0 Å². The van der Waals surface area contributed by atoms with Crippen LogP contribution in [0.2, 0.25) is 0 Å². The van der Waals surface area contributed by atoms with Crippen LogP contribution in [-0.4, -0.2) is 55.2 Å². The molecule has 0 radical (unpaired) electrons. The van der Waals surface area contributed by atoms with E-state index < -0.39 is 0 Å². The maximum absolute atomic E-state index is 11.8. The fourth-order valence-electron chi connectivity index (χ4n) is 2.62. The summed E-state index contributed by atoms with van der Waals surface area (Å²) in [6.07, 6.45) is 2.65. The molecule has 2 saturated heterocycles. The van der Waals surface area contributed by atoms with Crippen molar-refractivity contribution in [1.82, 2.24) is 10.2 Å². The number of nitrogens with two attached hydrogens (primary N) is 1. The number of ether oxygens (including phenoxy) is 1. The number of hydrogen-bond donors (Lipinski definition) is 2. The Labute approximate surface area is 109 Å². The summed E-state index contributed by atoms with van der Waals surface area (Å²) in [5.74, 6) is -0.120. The standard InChI is InChI=1S/C13H25N3O2/c1-9(10(2)14)13(17)15-6-12-7-16-5-3-4-11(16)8-18-12/h9-12H,3-8,14H2,1-2H3,(H,15,17). The first-order valence-electron chi connectivity index (χ1n) is 6.97. The number of hydrogen-bond acceptors (Lipinski definition) is 4. The van der Waals surface area contributed by atoms with Gasteiger partial charge in [0.25, 0.3) is 0 Å². The zero-order valence-electron chi connectivity index (χ0n) is 11.4. The van der Waals surface area contributed by atoms with E-state index in [9.17, 15) is 4.79 Å². The number of nitrogens with zero attached hydrogens (tertiary/aromatic N) is 1. The van der Waals surface area contributed by atoms with Crippen molar-refractivity contribution in [3.63, 3.8) is 0 Å². The molecule has 4 atom stereocenters. The average Bonchev–Trinajstić information content (AvgIpc) is 2.82. The van der Waals surface area contributed by atoms with E-state index in [1.54, 1.807) is 0 Å². The van der Waals surface area contributed by atoms with Gasteiger partial charge in [-0.2, -0.15) is 0 Å². The fraction of sp³-hybridized carbons (Fsp3) is 0.923. The number of carbonyl (C=O) groups is 1. The monoisotopic (exact) mass is 255 g/mol. The smallest absolute Gasteiger partial charge is 0.224 e. The molecule has 0 aliphatic carbocycles. The highest BCUT2D eigenvalue weighted by molar-refractivity contribution is 5.78. The molecule has 2 aliphatic heterocycles. The third kappa shape index (κ3) is 3.22. The van der Waals surface area contributed by atoms with Gasteiger partial charge >= 0.3 is 0 Å². The summed E-state index contributed by atoms with van der Waals surface area (Å²) in [5.41, 5.74) is 5.72. The maximum atomic E-state index is 11.8. The molecule has 4 unspecified atom stereocenters. The first-order chi connectivity index (χ1) is 8.58. The molecule has 2 heterocycles. The molecule has 2 aliphatic rings. The topological polar surface area (TPSA) is 67.6 Å². The van der Waals surface area contributed by atoms with Crippen LogP contribution in [0, 0.1) is 5.92 Å². The molecule has 18 heavy (non-hydrogen) atoms. The molecule has 104 valence electrons. The van der Waals surface area contributed by atoms with Gasteiger partial charge in [-0.05, 0) is 26.3 Å². The summed E-state index contributed by atoms with van der Waals surface area (Å²) in [6, 6.07) is 0.500. The van der Waals surface area contributed by atoms with E-state index in [0.29, 0.717) is 12.6 Å². The summed E-state index contributed by atoms with van der Waals surface area (Å²) in [4.78, 5) is 14.3. The lowest BCUT2D eigenvalue weighted by atomic mass is 10.0. The molecule has 5 nitrogen and oxygen atoms in total. The predicted molar refractivity (Wildman–Crippen MR) is 70.2 cm³/mol. The summed E-state index contributed by atoms with van der Waals surface area (Å²) in [6.45, 7) is 7.24. The van der Waals surface area contributed by atoms with E-state index in [2.05, 4.69) is 10.2 Å². The Morgan fingerprint density at radius 2 is 2.33 bits per heavy atom. The van der Waals surface area contributed by atoms with Crippen molar-refractivity contribution in [1.29, 1.82) is 0 Å². The van der Waals surface area contributed by atoms with Crippen molar-refractivity contribution >= 4 is 5.91 Å². The van der Waals surface area contributed by atoms with E-state index in [-0.39, 0.29) is 24.0 Å². The van der Waals surface area contributed by atoms with Crippen molar-refractivity contribution in [3.8, 4) is 0 Å². The van der Waals surface area contributed by atoms with Crippen molar-refractivity contribution < 1.29 is 9.53 Å². The summed E-state index contributed by atoms with van der Waals surface area (Å²) in [5, 5.41) is 2.94. The lowest BCUT2D eigenvalue weighted by Gasteiger charge is -2.35. The molecule has 0 spiro atoms. The zero-order valence-corrected chi connectivity index (χ0v) is 11.4. The van der Waals surface area contributed by atoms with Gasteiger partial charge in [-0.25, -0.2) is 0 Å². The summed E-state index contributed by atoms with van der Waals surface area (Å²) in [7, 11) is 0. The summed E-state index contributed by atoms with van der Waals surface area (Å²) >= 11 is 0. The van der Waals surface area contributed by atoms with Crippen LogP contribution in [0.25, 0.3) is 0 Å². The van der Waals surface area contributed by atoms with Gasteiger partial charge in [0.1, 0.15) is 0 Å². The van der Waals surface area contributed by atoms with Crippen LogP contribution in [0.4, 0.5) is 0 Å². The van der Waals surface area contributed by atoms with Crippen LogP contribution in [0.1, 0.15) is 26.7 Å². The minimum atomic E-state index is -0.145. The lowest BCUT2D eigenvalue weighted by Crippen LogP contribution is -2.51. The Balaban J connectivity index is 1.72. The largest absolute Gasteiger partial charge is 0.373 e. The number of nitrogens with one attached hydrogen (secondary N) is 1. The second kappa shape index (κ2) is 5.99. The van der Waals surface area contributed by atoms with E-state index >= 15 is 0 Å². The van der Waals surface area contributed by atoms with Crippen LogP contribution in [-0.2, 0) is 9.53 Å². The highest BCUT2D eigenvalue weighted by Gasteiger charge is 2.32. The highest BCUT2D eigenvalue weighted by Crippen LogP contribution is 2.22. The van der Waals surface area contributed by atoms with E-state index in [4.69, 9.17) is 10.5 Å². The number of fused-ring (bicyclic) bond motifs is 1. The van der Waals surface area contributed by atoms with Crippen LogP contribution in [0.3, 0.4) is 0 Å². The number of morpholine rings is 1. The zero-order chi connectivity index (χ0) is 13.1. The van der Waals surface area contributed by atoms with Crippen molar-refractivity contribution in [2.24, 2.45) is 11.7 Å². The maximum Gasteiger partial charge on any atom is 0.224 e. The van der Waals surface area contributed by atoms with Crippen LogP contribution >= 0.6 is 0 Å². The third-order valence-electron chi connectivity index (χ3n) is 4.17. The number of carbonyl (C=O) groups excluding carboxylic acids is 1. The molecule has 0 aromatic carbocycles. The van der Waals surface area contributed by atoms with Crippen molar-refractivity contribution in [3.05, 3.63) is 0 Å². The molecule has 5 heteroatoms. The molecule has 0 aromatic heterocycles. The van der Waals surface area contributed by atoms with Crippen LogP contribution < -0.4 is 11.1 Å². The van der Waals surface area contributed by atoms with Gasteiger partial charge in [-0.3, -0.25) is 9.69 Å². The Bertz CT molecular complexity index is 296. The Morgan fingerprint density at radius 3 is 3.06 bits per heavy atom. The Morgan fingerprint density at radius 1 is 1.56 bits per heavy atom. The molecular weight excluding hydrogens is 230 g/mol. The summed E-state index contributed by atoms with van der Waals surface area (Å²) < 4.78 is 5.79. The van der Waals surface area contributed by atoms with Gasteiger partial charge < -0.3 is 15.8 Å². The third-order valence-corrected chi connectivity index (χ3v) is 4.17. The Hall–Kier alpha value is -0.650. The van der Waals surface area contributed by atoms with E-state index in [1.807, 2.05) is 13.8 Å². The lowest BCUT2D eigenvalue weighted by molar-refractivity contribution is -0.126. The van der Waals surface area contributed by atoms with E-state index in [0.717, 1.165) is 13.2 Å². The van der Waals surface area contributed by atoms with Gasteiger partial charge in [-0.1, -0.05) is 6.92 Å². The van der Waals surface area contributed by atoms with E-state index in [1.165, 1.54) is 19.4 Å². The Kier molecular flexibility index (Phi) is 4.59. The first kappa shape index (κ1) is 13.8. The van der Waals surface area contributed by atoms with Gasteiger partial charge in [-0.15, -0.1) is 0 Å². The molecule has 2 rings (SSSR count). The SMILES string of the molecule is CC(N)C(C)C(=O)NCC1CN2CCCC2CO1. The minimum Gasteiger partial charge on any atom is -0.373 e. The first-order valence-corrected chi connectivity index (χ1v) is 6.97. The van der Waals surface area contributed by atoms with Gasteiger partial charge in [0.15, 0.2) is 0 Å². The normalized spacial score (nSPS) is 31.7. The molecule has 0 bridgehead atoms. The van der Waals surface area contributed by atoms with Gasteiger partial charge in [0, 0.05) is 31.1 Å². The molecule has 2 fully saturated rings. The number of rotatable bonds is 4. The second-order valence-electron chi connectivity index (χ2n) is 5.64. The molecule has 0 saturated carbocycles. The fourth-order valence-corrected chi connectivity index (χ4v) is 2.62. The van der Waals surface area contributed by atoms with Gasteiger partial charge in [0.2, 0.25) is 5.91 Å². The highest BCUT2D eigenvalue weighted by atomic mass is 16.5. The molecule has 1 amide bonds. The van der Waals surface area contributed by atoms with Crippen molar-refractivity contribution in [2.75, 3.05) is 26.2 Å². The quantitative estimate of drug-likeness (QED) is 0.739. The molecule has 0 aromatic rings.